The molecular weight excluding hydrogens is 352 g/mol. The van der Waals surface area contributed by atoms with E-state index in [0.717, 1.165) is 17.7 Å². The fraction of sp³-hybridized carbons (Fsp3) is 0.391. The highest BCUT2D eigenvalue weighted by Crippen LogP contribution is 2.29. The molecule has 2 aromatic carbocycles. The first-order valence-electron chi connectivity index (χ1n) is 9.79. The third-order valence-electron chi connectivity index (χ3n) is 4.66. The van der Waals surface area contributed by atoms with Gasteiger partial charge in [0.2, 0.25) is 5.91 Å². The summed E-state index contributed by atoms with van der Waals surface area (Å²) in [7, 11) is 0. The smallest absolute Gasteiger partial charge is 0.265 e. The van der Waals surface area contributed by atoms with E-state index in [2.05, 4.69) is 24.5 Å². The van der Waals surface area contributed by atoms with E-state index < -0.39 is 6.10 Å². The Balaban J connectivity index is 2.04. The van der Waals surface area contributed by atoms with Crippen LogP contribution in [0.3, 0.4) is 0 Å². The standard InChI is InChI=1S/C23H30N2O3/c1-6-16(4)20-12-7-8-13-21(20)28-17(5)23(27)25-19-11-9-10-18(14-19)24-22(26)15(2)3/h7-17H,6H2,1-5H3,(H,24,26)(H,25,27). The first kappa shape index (κ1) is 21.5. The van der Waals surface area contributed by atoms with Gasteiger partial charge in [0.05, 0.1) is 0 Å². The zero-order valence-corrected chi connectivity index (χ0v) is 17.3. The predicted octanol–water partition coefficient (Wildman–Crippen LogP) is 5.20. The van der Waals surface area contributed by atoms with Gasteiger partial charge in [-0.3, -0.25) is 9.59 Å². The number of hydrogen-bond acceptors (Lipinski definition) is 3. The Labute approximate surface area is 167 Å². The highest BCUT2D eigenvalue weighted by Gasteiger charge is 2.18. The van der Waals surface area contributed by atoms with Crippen LogP contribution < -0.4 is 15.4 Å². The minimum atomic E-state index is -0.654. The lowest BCUT2D eigenvalue weighted by Gasteiger charge is -2.20. The maximum Gasteiger partial charge on any atom is 0.265 e. The van der Waals surface area contributed by atoms with Crippen LogP contribution in [0.2, 0.25) is 0 Å². The quantitative estimate of drug-likeness (QED) is 0.659. The van der Waals surface area contributed by atoms with Crippen molar-refractivity contribution in [1.29, 1.82) is 0 Å². The van der Waals surface area contributed by atoms with E-state index >= 15 is 0 Å². The first-order valence-corrected chi connectivity index (χ1v) is 9.79. The first-order chi connectivity index (χ1) is 13.3. The Kier molecular flexibility index (Phi) is 7.61. The second-order valence-corrected chi connectivity index (χ2v) is 7.32. The molecule has 5 nitrogen and oxygen atoms in total. The average Bonchev–Trinajstić information content (AvgIpc) is 2.67. The fourth-order valence-corrected chi connectivity index (χ4v) is 2.66. The number of para-hydroxylation sites is 1. The second-order valence-electron chi connectivity index (χ2n) is 7.32. The van der Waals surface area contributed by atoms with Crippen molar-refractivity contribution in [2.45, 2.75) is 53.1 Å². The summed E-state index contributed by atoms with van der Waals surface area (Å²) in [6.45, 7) is 9.66. The third kappa shape index (κ3) is 5.84. The molecule has 2 amide bonds. The largest absolute Gasteiger partial charge is 0.481 e. The van der Waals surface area contributed by atoms with Gasteiger partial charge in [0, 0.05) is 17.3 Å². The monoisotopic (exact) mass is 382 g/mol. The summed E-state index contributed by atoms with van der Waals surface area (Å²) in [5, 5.41) is 5.68. The van der Waals surface area contributed by atoms with Gasteiger partial charge in [0.25, 0.3) is 5.91 Å². The molecule has 2 N–H and O–H groups in total. The summed E-state index contributed by atoms with van der Waals surface area (Å²) >= 11 is 0. The van der Waals surface area contributed by atoms with E-state index in [-0.39, 0.29) is 17.7 Å². The molecule has 0 saturated heterocycles. The number of carbonyl (C=O) groups excluding carboxylic acids is 2. The summed E-state index contributed by atoms with van der Waals surface area (Å²) in [6, 6.07) is 14.9. The van der Waals surface area contributed by atoms with E-state index in [1.54, 1.807) is 31.2 Å². The molecular formula is C23H30N2O3. The van der Waals surface area contributed by atoms with Crippen molar-refractivity contribution in [1.82, 2.24) is 0 Å². The van der Waals surface area contributed by atoms with Crippen LogP contribution in [0.1, 0.15) is 52.5 Å². The summed E-state index contributed by atoms with van der Waals surface area (Å²) in [5.74, 6) is 0.663. The zero-order valence-electron chi connectivity index (χ0n) is 17.3. The van der Waals surface area contributed by atoms with Crippen molar-refractivity contribution >= 4 is 23.2 Å². The van der Waals surface area contributed by atoms with Gasteiger partial charge < -0.3 is 15.4 Å². The van der Waals surface area contributed by atoms with Crippen LogP contribution in [0.15, 0.2) is 48.5 Å². The number of hydrogen-bond donors (Lipinski definition) is 2. The lowest BCUT2D eigenvalue weighted by atomic mass is 9.98. The number of carbonyl (C=O) groups is 2. The number of anilines is 2. The number of nitrogens with one attached hydrogen (secondary N) is 2. The van der Waals surface area contributed by atoms with Crippen molar-refractivity contribution in [3.05, 3.63) is 54.1 Å². The molecule has 5 heteroatoms. The molecule has 0 saturated carbocycles. The summed E-state index contributed by atoms with van der Waals surface area (Å²) < 4.78 is 5.95. The number of benzene rings is 2. The molecule has 0 aliphatic carbocycles. The lowest BCUT2D eigenvalue weighted by molar-refractivity contribution is -0.122. The van der Waals surface area contributed by atoms with Crippen LogP contribution >= 0.6 is 0 Å². The van der Waals surface area contributed by atoms with Crippen LogP contribution in [0.4, 0.5) is 11.4 Å². The second kappa shape index (κ2) is 9.93. The molecule has 0 spiro atoms. The van der Waals surface area contributed by atoms with Crippen LogP contribution in [-0.4, -0.2) is 17.9 Å². The molecule has 2 atom stereocenters. The van der Waals surface area contributed by atoms with Crippen LogP contribution in [0.25, 0.3) is 0 Å². The van der Waals surface area contributed by atoms with Gasteiger partial charge in [-0.25, -0.2) is 0 Å². The fourth-order valence-electron chi connectivity index (χ4n) is 2.66. The highest BCUT2D eigenvalue weighted by molar-refractivity contribution is 5.96. The lowest BCUT2D eigenvalue weighted by Crippen LogP contribution is -2.30. The normalized spacial score (nSPS) is 12.9. The van der Waals surface area contributed by atoms with Crippen LogP contribution in [-0.2, 0) is 9.59 Å². The van der Waals surface area contributed by atoms with Gasteiger partial charge in [-0.15, -0.1) is 0 Å². The molecule has 0 aliphatic rings. The summed E-state index contributed by atoms with van der Waals surface area (Å²) in [4.78, 5) is 24.4. The molecule has 150 valence electrons. The maximum absolute atomic E-state index is 12.6. The number of ether oxygens (including phenoxy) is 1. The van der Waals surface area contributed by atoms with Gasteiger partial charge >= 0.3 is 0 Å². The van der Waals surface area contributed by atoms with E-state index in [0.29, 0.717) is 17.3 Å². The van der Waals surface area contributed by atoms with Gasteiger partial charge in [0.1, 0.15) is 5.75 Å². The summed E-state index contributed by atoms with van der Waals surface area (Å²) in [6.07, 6.45) is 0.342. The van der Waals surface area contributed by atoms with Crippen molar-refractivity contribution in [2.75, 3.05) is 10.6 Å². The van der Waals surface area contributed by atoms with E-state index in [9.17, 15) is 9.59 Å². The van der Waals surface area contributed by atoms with Gasteiger partial charge in [-0.05, 0) is 49.1 Å². The van der Waals surface area contributed by atoms with Crippen molar-refractivity contribution in [3.8, 4) is 5.75 Å². The van der Waals surface area contributed by atoms with Crippen molar-refractivity contribution < 1.29 is 14.3 Å². The van der Waals surface area contributed by atoms with E-state index in [4.69, 9.17) is 4.74 Å². The molecule has 2 rings (SSSR count). The average molecular weight is 383 g/mol. The molecule has 0 bridgehead atoms. The minimum Gasteiger partial charge on any atom is -0.481 e. The SMILES string of the molecule is CCC(C)c1ccccc1OC(C)C(=O)Nc1cccc(NC(=O)C(C)C)c1. The topological polar surface area (TPSA) is 67.4 Å². The Morgan fingerprint density at radius 3 is 2.11 bits per heavy atom. The minimum absolute atomic E-state index is 0.0678. The Morgan fingerprint density at radius 2 is 1.50 bits per heavy atom. The number of rotatable bonds is 8. The van der Waals surface area contributed by atoms with Gasteiger partial charge in [-0.1, -0.05) is 52.0 Å². The van der Waals surface area contributed by atoms with Crippen LogP contribution in [0.5, 0.6) is 5.75 Å². The summed E-state index contributed by atoms with van der Waals surface area (Å²) in [5.41, 5.74) is 2.35. The Morgan fingerprint density at radius 1 is 0.893 bits per heavy atom. The molecule has 0 aromatic heterocycles. The van der Waals surface area contributed by atoms with Crippen LogP contribution in [0, 0.1) is 5.92 Å². The number of amides is 2. The molecule has 0 fully saturated rings. The highest BCUT2D eigenvalue weighted by atomic mass is 16.5. The molecule has 0 aliphatic heterocycles. The van der Waals surface area contributed by atoms with E-state index in [1.165, 1.54) is 0 Å². The Bertz CT molecular complexity index is 817. The zero-order chi connectivity index (χ0) is 20.7. The molecule has 28 heavy (non-hydrogen) atoms. The van der Waals surface area contributed by atoms with Crippen molar-refractivity contribution in [2.24, 2.45) is 5.92 Å². The predicted molar refractivity (Wildman–Crippen MR) is 114 cm³/mol. The third-order valence-corrected chi connectivity index (χ3v) is 4.66. The molecule has 0 heterocycles. The molecule has 2 unspecified atom stereocenters. The Hall–Kier alpha value is -2.82. The molecule has 2 aromatic rings. The van der Waals surface area contributed by atoms with E-state index in [1.807, 2.05) is 38.1 Å². The maximum atomic E-state index is 12.6. The molecule has 0 radical (unpaired) electrons. The van der Waals surface area contributed by atoms with Crippen molar-refractivity contribution in [3.63, 3.8) is 0 Å². The van der Waals surface area contributed by atoms with Gasteiger partial charge in [0.15, 0.2) is 6.10 Å². The van der Waals surface area contributed by atoms with Gasteiger partial charge in [-0.2, -0.15) is 0 Å².